The van der Waals surface area contributed by atoms with Crippen LogP contribution in [0.2, 0.25) is 0 Å². The Morgan fingerprint density at radius 3 is 2.96 bits per heavy atom. The molecule has 118 valence electrons. The third-order valence-corrected chi connectivity index (χ3v) is 3.35. The van der Waals surface area contributed by atoms with E-state index in [9.17, 15) is 9.18 Å². The van der Waals surface area contributed by atoms with E-state index in [1.165, 1.54) is 22.8 Å². The van der Waals surface area contributed by atoms with Crippen molar-refractivity contribution in [2.45, 2.75) is 6.54 Å². The number of aromatic nitrogens is 3. The molecule has 7 heteroatoms. The maximum absolute atomic E-state index is 13.4. The van der Waals surface area contributed by atoms with E-state index in [0.717, 1.165) is 0 Å². The summed E-state index contributed by atoms with van der Waals surface area (Å²) in [5.41, 5.74) is 0.807. The van der Waals surface area contributed by atoms with Crippen LogP contribution in [0.25, 0.3) is 10.9 Å². The zero-order valence-corrected chi connectivity index (χ0v) is 12.5. The number of ether oxygens (including phenoxy) is 1. The van der Waals surface area contributed by atoms with E-state index in [1.54, 1.807) is 25.6 Å². The van der Waals surface area contributed by atoms with E-state index in [2.05, 4.69) is 15.3 Å². The smallest absolute Gasteiger partial charge is 0.262 e. The summed E-state index contributed by atoms with van der Waals surface area (Å²) < 4.78 is 19.9. The van der Waals surface area contributed by atoms with Gasteiger partial charge in [0.25, 0.3) is 5.56 Å². The summed E-state index contributed by atoms with van der Waals surface area (Å²) >= 11 is 0. The van der Waals surface area contributed by atoms with Gasteiger partial charge in [0.1, 0.15) is 5.82 Å². The molecule has 1 N–H and O–H groups in total. The number of rotatable bonds is 5. The molecular weight excluding hydrogens is 299 g/mol. The highest BCUT2D eigenvalue weighted by Crippen LogP contribution is 2.16. The summed E-state index contributed by atoms with van der Waals surface area (Å²) in [4.78, 5) is 21.1. The first kappa shape index (κ1) is 15.1. The van der Waals surface area contributed by atoms with Crippen LogP contribution in [-0.4, -0.2) is 28.3 Å². The SMILES string of the molecule is COCCn1c(Nc2cccnc2)nc2ccc(F)cc2c1=O. The molecule has 0 saturated heterocycles. The zero-order chi connectivity index (χ0) is 16.2. The second-order valence-corrected chi connectivity index (χ2v) is 4.91. The third-order valence-electron chi connectivity index (χ3n) is 3.35. The maximum Gasteiger partial charge on any atom is 0.262 e. The molecular formula is C16H15FN4O2. The molecule has 2 aromatic heterocycles. The van der Waals surface area contributed by atoms with Gasteiger partial charge < -0.3 is 10.1 Å². The second-order valence-electron chi connectivity index (χ2n) is 4.91. The molecule has 0 spiro atoms. The molecule has 0 amide bonds. The molecule has 0 aliphatic heterocycles. The van der Waals surface area contributed by atoms with Crippen LogP contribution in [-0.2, 0) is 11.3 Å². The Hall–Kier alpha value is -2.80. The number of fused-ring (bicyclic) bond motifs is 1. The molecule has 0 unspecified atom stereocenters. The minimum absolute atomic E-state index is 0.234. The van der Waals surface area contributed by atoms with Gasteiger partial charge in [-0.25, -0.2) is 9.37 Å². The summed E-state index contributed by atoms with van der Waals surface area (Å²) in [5, 5.41) is 3.30. The van der Waals surface area contributed by atoms with Crippen LogP contribution in [0, 0.1) is 5.82 Å². The average Bonchev–Trinajstić information content (AvgIpc) is 2.56. The summed E-state index contributed by atoms with van der Waals surface area (Å²) in [7, 11) is 1.55. The van der Waals surface area contributed by atoms with E-state index in [1.807, 2.05) is 6.07 Å². The molecule has 23 heavy (non-hydrogen) atoms. The highest BCUT2D eigenvalue weighted by Gasteiger charge is 2.12. The molecule has 0 fully saturated rings. The molecule has 1 aromatic carbocycles. The van der Waals surface area contributed by atoms with Gasteiger partial charge in [-0.1, -0.05) is 0 Å². The first-order chi connectivity index (χ1) is 11.2. The van der Waals surface area contributed by atoms with Gasteiger partial charge in [0.15, 0.2) is 0 Å². The number of benzene rings is 1. The van der Waals surface area contributed by atoms with Crippen molar-refractivity contribution in [2.24, 2.45) is 0 Å². The van der Waals surface area contributed by atoms with Crippen molar-refractivity contribution < 1.29 is 9.13 Å². The summed E-state index contributed by atoms with van der Waals surface area (Å²) in [6, 6.07) is 7.55. The first-order valence-corrected chi connectivity index (χ1v) is 7.05. The van der Waals surface area contributed by atoms with E-state index in [0.29, 0.717) is 30.3 Å². The third kappa shape index (κ3) is 3.19. The number of nitrogens with one attached hydrogen (secondary N) is 1. The Bertz CT molecular complexity index is 880. The van der Waals surface area contributed by atoms with Crippen LogP contribution in [0.3, 0.4) is 0 Å². The predicted molar refractivity (Wildman–Crippen MR) is 85.4 cm³/mol. The van der Waals surface area contributed by atoms with Crippen molar-refractivity contribution in [1.29, 1.82) is 0 Å². The van der Waals surface area contributed by atoms with Gasteiger partial charge in [0.2, 0.25) is 5.95 Å². The lowest BCUT2D eigenvalue weighted by Crippen LogP contribution is -2.26. The minimum Gasteiger partial charge on any atom is -0.383 e. The number of pyridine rings is 1. The normalized spacial score (nSPS) is 10.9. The van der Waals surface area contributed by atoms with Gasteiger partial charge in [0, 0.05) is 13.3 Å². The number of anilines is 2. The number of hydrogen-bond acceptors (Lipinski definition) is 5. The number of nitrogens with zero attached hydrogens (tertiary/aromatic N) is 3. The number of halogens is 1. The second kappa shape index (κ2) is 6.53. The average molecular weight is 314 g/mol. The van der Waals surface area contributed by atoms with E-state index in [4.69, 9.17) is 4.74 Å². The number of hydrogen-bond donors (Lipinski definition) is 1. The molecule has 0 radical (unpaired) electrons. The van der Waals surface area contributed by atoms with Crippen molar-refractivity contribution in [3.05, 3.63) is 58.9 Å². The van der Waals surface area contributed by atoms with Gasteiger partial charge in [-0.05, 0) is 30.3 Å². The van der Waals surface area contributed by atoms with Gasteiger partial charge in [-0.15, -0.1) is 0 Å². The van der Waals surface area contributed by atoms with Crippen molar-refractivity contribution in [3.8, 4) is 0 Å². The van der Waals surface area contributed by atoms with Crippen LogP contribution in [0.5, 0.6) is 0 Å². The summed E-state index contributed by atoms with van der Waals surface area (Å²) in [5.74, 6) is -0.109. The lowest BCUT2D eigenvalue weighted by molar-refractivity contribution is 0.186. The minimum atomic E-state index is -0.470. The van der Waals surface area contributed by atoms with Crippen molar-refractivity contribution >= 4 is 22.5 Å². The fourth-order valence-electron chi connectivity index (χ4n) is 2.24. The predicted octanol–water partition coefficient (Wildman–Crippen LogP) is 2.32. The van der Waals surface area contributed by atoms with E-state index < -0.39 is 5.82 Å². The quantitative estimate of drug-likeness (QED) is 0.783. The van der Waals surface area contributed by atoms with Crippen LogP contribution >= 0.6 is 0 Å². The molecule has 0 aliphatic carbocycles. The zero-order valence-electron chi connectivity index (χ0n) is 12.5. The van der Waals surface area contributed by atoms with E-state index >= 15 is 0 Å². The molecule has 0 saturated carbocycles. The monoisotopic (exact) mass is 314 g/mol. The Balaban J connectivity index is 2.14. The standard InChI is InChI=1S/C16H15FN4O2/c1-23-8-7-21-15(22)13-9-11(17)4-5-14(13)20-16(21)19-12-3-2-6-18-10-12/h2-6,9-10H,7-8H2,1H3,(H,19,20). The first-order valence-electron chi connectivity index (χ1n) is 7.05. The summed E-state index contributed by atoms with van der Waals surface area (Å²) in [6.45, 7) is 0.640. The fourth-order valence-corrected chi connectivity index (χ4v) is 2.24. The maximum atomic E-state index is 13.4. The highest BCUT2D eigenvalue weighted by atomic mass is 19.1. The van der Waals surface area contributed by atoms with Crippen LogP contribution in [0.1, 0.15) is 0 Å². The largest absolute Gasteiger partial charge is 0.383 e. The van der Waals surface area contributed by atoms with Gasteiger partial charge >= 0.3 is 0 Å². The molecule has 2 heterocycles. The van der Waals surface area contributed by atoms with Crippen LogP contribution in [0.4, 0.5) is 16.0 Å². The van der Waals surface area contributed by atoms with Gasteiger partial charge in [0.05, 0.1) is 35.9 Å². The highest BCUT2D eigenvalue weighted by molar-refractivity contribution is 5.79. The van der Waals surface area contributed by atoms with Crippen molar-refractivity contribution in [1.82, 2.24) is 14.5 Å². The topological polar surface area (TPSA) is 69.0 Å². The fraction of sp³-hybridized carbons (Fsp3) is 0.188. The Morgan fingerprint density at radius 2 is 2.22 bits per heavy atom. The molecule has 0 bridgehead atoms. The van der Waals surface area contributed by atoms with Crippen LogP contribution in [0.15, 0.2) is 47.5 Å². The lowest BCUT2D eigenvalue weighted by atomic mass is 10.2. The van der Waals surface area contributed by atoms with Crippen molar-refractivity contribution in [3.63, 3.8) is 0 Å². The van der Waals surface area contributed by atoms with Gasteiger partial charge in [-0.3, -0.25) is 14.3 Å². The van der Waals surface area contributed by atoms with Crippen molar-refractivity contribution in [2.75, 3.05) is 19.0 Å². The van der Waals surface area contributed by atoms with Gasteiger partial charge in [-0.2, -0.15) is 0 Å². The Morgan fingerprint density at radius 1 is 1.35 bits per heavy atom. The molecule has 6 nitrogen and oxygen atoms in total. The number of methoxy groups -OCH3 is 1. The lowest BCUT2D eigenvalue weighted by Gasteiger charge is -2.14. The Kier molecular flexibility index (Phi) is 4.29. The molecule has 3 aromatic rings. The van der Waals surface area contributed by atoms with E-state index in [-0.39, 0.29) is 10.9 Å². The Labute approximate surface area is 131 Å². The summed E-state index contributed by atoms with van der Waals surface area (Å²) in [6.07, 6.45) is 3.28. The van der Waals surface area contributed by atoms with Crippen LogP contribution < -0.4 is 10.9 Å². The molecule has 0 atom stereocenters. The molecule has 3 rings (SSSR count). The molecule has 0 aliphatic rings.